The Kier molecular flexibility index (Phi) is 1.71. The Bertz CT molecular complexity index is 231. The number of amides is 1. The van der Waals surface area contributed by atoms with Crippen LogP contribution in [0.1, 0.15) is 0 Å². The van der Waals surface area contributed by atoms with E-state index < -0.39 is 11.3 Å². The van der Waals surface area contributed by atoms with Gasteiger partial charge in [-0.05, 0) is 0 Å². The predicted molar refractivity (Wildman–Crippen MR) is 40.6 cm³/mol. The molecule has 0 aliphatic carbocycles. The molecule has 0 N–H and O–H groups in total. The van der Waals surface area contributed by atoms with E-state index in [1.165, 1.54) is 4.31 Å². The molecule has 2 saturated heterocycles. The van der Waals surface area contributed by atoms with Gasteiger partial charge >= 0.3 is 0 Å². The number of hydrogen-bond acceptors (Lipinski definition) is 3. The third-order valence-electron chi connectivity index (χ3n) is 2.46. The molecule has 6 heteroatoms. The van der Waals surface area contributed by atoms with Gasteiger partial charge in [-0.2, -0.15) is 0 Å². The first-order chi connectivity index (χ1) is 5.65. The molecule has 2 aliphatic heterocycles. The molecular weight excluding hydrogens is 180 g/mol. The van der Waals surface area contributed by atoms with E-state index in [9.17, 15) is 13.6 Å². The van der Waals surface area contributed by atoms with Crippen LogP contribution in [0.4, 0.5) is 0 Å². The molecule has 1 spiro atoms. The fourth-order valence-corrected chi connectivity index (χ4v) is 2.66. The summed E-state index contributed by atoms with van der Waals surface area (Å²) in [6.07, 6.45) is 0.808. The Balaban J connectivity index is 1.82. The molecule has 1 amide bonds. The standard InChI is InChI=1S/C6H10N2O3S/c9-5-7-1-6(2-7)3-8(4-6)12(10)11/h5H,1-4H2,(H,10,11)/p-1. The number of likely N-dealkylation sites (tertiary alicyclic amines) is 1. The minimum atomic E-state index is -2.07. The maximum atomic E-state index is 10.4. The second-order valence-corrected chi connectivity index (χ2v) is 4.48. The van der Waals surface area contributed by atoms with Crippen LogP contribution in [0.15, 0.2) is 0 Å². The van der Waals surface area contributed by atoms with Gasteiger partial charge < -0.3 is 9.45 Å². The third kappa shape index (κ3) is 1.07. The summed E-state index contributed by atoms with van der Waals surface area (Å²) in [6, 6.07) is 0. The highest BCUT2D eigenvalue weighted by atomic mass is 32.2. The first-order valence-corrected chi connectivity index (χ1v) is 4.72. The Hall–Kier alpha value is -0.460. The average molecular weight is 189 g/mol. The van der Waals surface area contributed by atoms with Crippen LogP contribution < -0.4 is 0 Å². The molecule has 0 aromatic rings. The Labute approximate surface area is 72.7 Å². The van der Waals surface area contributed by atoms with E-state index in [1.807, 2.05) is 0 Å². The second kappa shape index (κ2) is 2.51. The summed E-state index contributed by atoms with van der Waals surface area (Å²) in [5, 5.41) is 0. The van der Waals surface area contributed by atoms with Gasteiger partial charge in [0, 0.05) is 42.9 Å². The second-order valence-electron chi connectivity index (χ2n) is 3.53. The van der Waals surface area contributed by atoms with Crippen LogP contribution in [0, 0.1) is 5.41 Å². The highest BCUT2D eigenvalue weighted by Gasteiger charge is 2.51. The molecular formula is C6H9N2O3S-. The van der Waals surface area contributed by atoms with Gasteiger partial charge in [-0.25, -0.2) is 4.31 Å². The molecule has 2 aliphatic rings. The molecule has 2 rings (SSSR count). The fourth-order valence-electron chi connectivity index (χ4n) is 1.90. The molecule has 12 heavy (non-hydrogen) atoms. The predicted octanol–water partition coefficient (Wildman–Crippen LogP) is -1.45. The number of hydrogen-bond donors (Lipinski definition) is 0. The normalized spacial score (nSPS) is 29.2. The summed E-state index contributed by atoms with van der Waals surface area (Å²) in [6.45, 7) is 2.58. The maximum Gasteiger partial charge on any atom is 0.209 e. The lowest BCUT2D eigenvalue weighted by molar-refractivity contribution is -0.138. The van der Waals surface area contributed by atoms with Crippen molar-refractivity contribution in [2.24, 2.45) is 5.41 Å². The van der Waals surface area contributed by atoms with Crippen molar-refractivity contribution in [3.8, 4) is 0 Å². The van der Waals surface area contributed by atoms with Crippen molar-refractivity contribution in [3.63, 3.8) is 0 Å². The van der Waals surface area contributed by atoms with E-state index in [0.29, 0.717) is 26.2 Å². The Morgan fingerprint density at radius 1 is 1.33 bits per heavy atom. The molecule has 0 saturated carbocycles. The van der Waals surface area contributed by atoms with Crippen LogP contribution in [-0.2, 0) is 16.1 Å². The minimum Gasteiger partial charge on any atom is -0.760 e. The SMILES string of the molecule is O=CN1CC2(C1)CN(S(=O)[O-])C2. The van der Waals surface area contributed by atoms with Gasteiger partial charge in [0.1, 0.15) is 0 Å². The number of rotatable bonds is 2. The third-order valence-corrected chi connectivity index (χ3v) is 3.14. The van der Waals surface area contributed by atoms with Gasteiger partial charge in [-0.15, -0.1) is 0 Å². The summed E-state index contributed by atoms with van der Waals surface area (Å²) in [4.78, 5) is 11.9. The quantitative estimate of drug-likeness (QED) is 0.394. The Morgan fingerprint density at radius 3 is 2.33 bits per heavy atom. The van der Waals surface area contributed by atoms with E-state index in [-0.39, 0.29) is 5.41 Å². The van der Waals surface area contributed by atoms with Gasteiger partial charge in [-0.3, -0.25) is 9.00 Å². The number of nitrogens with zero attached hydrogens (tertiary/aromatic N) is 2. The monoisotopic (exact) mass is 189 g/mol. The minimum absolute atomic E-state index is 0.0982. The molecule has 2 heterocycles. The molecule has 1 unspecified atom stereocenters. The highest BCUT2D eigenvalue weighted by Crippen LogP contribution is 2.38. The van der Waals surface area contributed by atoms with Crippen molar-refractivity contribution in [1.29, 1.82) is 0 Å². The van der Waals surface area contributed by atoms with Gasteiger partial charge in [-0.1, -0.05) is 0 Å². The van der Waals surface area contributed by atoms with E-state index in [2.05, 4.69) is 0 Å². The molecule has 0 bridgehead atoms. The maximum absolute atomic E-state index is 10.4. The molecule has 1 atom stereocenters. The van der Waals surface area contributed by atoms with Crippen molar-refractivity contribution in [1.82, 2.24) is 9.21 Å². The summed E-state index contributed by atoms with van der Waals surface area (Å²) in [7, 11) is 0. The zero-order valence-electron chi connectivity index (χ0n) is 6.43. The zero-order chi connectivity index (χ0) is 8.77. The van der Waals surface area contributed by atoms with Crippen molar-refractivity contribution >= 4 is 17.7 Å². The lowest BCUT2D eigenvalue weighted by Gasteiger charge is -2.59. The summed E-state index contributed by atoms with van der Waals surface area (Å²) < 4.78 is 22.2. The van der Waals surface area contributed by atoms with Crippen molar-refractivity contribution in [2.75, 3.05) is 26.2 Å². The van der Waals surface area contributed by atoms with Gasteiger partial charge in [0.05, 0.1) is 0 Å². The van der Waals surface area contributed by atoms with Gasteiger partial charge in [0.25, 0.3) is 0 Å². The smallest absolute Gasteiger partial charge is 0.209 e. The van der Waals surface area contributed by atoms with Gasteiger partial charge in [0.2, 0.25) is 6.41 Å². The summed E-state index contributed by atoms with van der Waals surface area (Å²) in [5.41, 5.74) is 0.0982. The van der Waals surface area contributed by atoms with Crippen LogP contribution in [0.25, 0.3) is 0 Å². The first-order valence-electron chi connectivity index (χ1n) is 3.69. The summed E-state index contributed by atoms with van der Waals surface area (Å²) in [5.74, 6) is 0. The summed E-state index contributed by atoms with van der Waals surface area (Å²) >= 11 is -2.07. The zero-order valence-corrected chi connectivity index (χ0v) is 7.25. The average Bonchev–Trinajstić information content (AvgIpc) is 1.81. The lowest BCUT2D eigenvalue weighted by Crippen LogP contribution is -2.71. The van der Waals surface area contributed by atoms with Crippen LogP contribution in [-0.4, -0.2) is 50.6 Å². The number of carbonyl (C=O) groups excluding carboxylic acids is 1. The molecule has 0 aromatic heterocycles. The van der Waals surface area contributed by atoms with Crippen molar-refractivity contribution in [3.05, 3.63) is 0 Å². The number of carbonyl (C=O) groups is 1. The van der Waals surface area contributed by atoms with Crippen LogP contribution >= 0.6 is 0 Å². The van der Waals surface area contributed by atoms with E-state index in [1.54, 1.807) is 4.90 Å². The first kappa shape index (κ1) is 8.15. The van der Waals surface area contributed by atoms with Crippen molar-refractivity contribution < 1.29 is 13.6 Å². The van der Waals surface area contributed by atoms with E-state index in [0.717, 1.165) is 6.41 Å². The lowest BCUT2D eigenvalue weighted by atomic mass is 9.75. The largest absolute Gasteiger partial charge is 0.760 e. The highest BCUT2D eigenvalue weighted by molar-refractivity contribution is 7.76. The molecule has 5 nitrogen and oxygen atoms in total. The van der Waals surface area contributed by atoms with Gasteiger partial charge in [0.15, 0.2) is 0 Å². The molecule has 2 fully saturated rings. The van der Waals surface area contributed by atoms with Crippen LogP contribution in [0.3, 0.4) is 0 Å². The Morgan fingerprint density at radius 2 is 1.92 bits per heavy atom. The topological polar surface area (TPSA) is 63.7 Å². The molecule has 0 radical (unpaired) electrons. The molecule has 68 valence electrons. The van der Waals surface area contributed by atoms with E-state index >= 15 is 0 Å². The van der Waals surface area contributed by atoms with Crippen LogP contribution in [0.2, 0.25) is 0 Å². The molecule has 0 aromatic carbocycles. The fraction of sp³-hybridized carbons (Fsp3) is 0.833. The van der Waals surface area contributed by atoms with Crippen molar-refractivity contribution in [2.45, 2.75) is 0 Å². The van der Waals surface area contributed by atoms with Crippen LogP contribution in [0.5, 0.6) is 0 Å². The van der Waals surface area contributed by atoms with E-state index in [4.69, 9.17) is 0 Å².